The topological polar surface area (TPSA) is 130 Å². The molecule has 4 N–H and O–H groups in total. The minimum absolute atomic E-state index is 0.0995. The van der Waals surface area contributed by atoms with Crippen LogP contribution in [0.2, 0.25) is 10.0 Å². The van der Waals surface area contributed by atoms with Crippen molar-refractivity contribution in [3.05, 3.63) is 88.2 Å². The van der Waals surface area contributed by atoms with E-state index in [-0.39, 0.29) is 23.9 Å². The summed E-state index contributed by atoms with van der Waals surface area (Å²) in [5.41, 5.74) is 6.12. The number of amides is 2. The van der Waals surface area contributed by atoms with Crippen LogP contribution >= 0.6 is 23.2 Å². The molecule has 2 saturated heterocycles. The number of nitrogens with zero attached hydrogens (tertiary/aromatic N) is 2. The van der Waals surface area contributed by atoms with Gasteiger partial charge in [-0.2, -0.15) is 0 Å². The Morgan fingerprint density at radius 3 is 2.12 bits per heavy atom. The first-order valence-corrected chi connectivity index (χ1v) is 17.1. The summed E-state index contributed by atoms with van der Waals surface area (Å²) in [7, 11) is 1.60. The summed E-state index contributed by atoms with van der Waals surface area (Å²) in [6.07, 6.45) is 4.59. The molecule has 49 heavy (non-hydrogen) atoms. The molecule has 2 fully saturated rings. The molecular weight excluding hydrogens is 663 g/mol. The Balaban J connectivity index is 1.09. The molecule has 3 aromatic heterocycles. The Morgan fingerprint density at radius 1 is 0.837 bits per heavy atom. The van der Waals surface area contributed by atoms with Gasteiger partial charge in [0.05, 0.1) is 29.4 Å². The fourth-order valence-electron chi connectivity index (χ4n) is 6.46. The predicted octanol–water partition coefficient (Wildman–Crippen LogP) is 6.28. The van der Waals surface area contributed by atoms with Crippen molar-refractivity contribution in [2.75, 3.05) is 20.2 Å². The van der Waals surface area contributed by atoms with E-state index in [4.69, 9.17) is 37.3 Å². The van der Waals surface area contributed by atoms with Crippen molar-refractivity contribution in [1.82, 2.24) is 31.2 Å². The molecule has 0 radical (unpaired) electrons. The lowest BCUT2D eigenvalue weighted by atomic mass is 9.97. The lowest BCUT2D eigenvalue weighted by Crippen LogP contribution is -2.35. The van der Waals surface area contributed by atoms with E-state index in [0.29, 0.717) is 66.4 Å². The van der Waals surface area contributed by atoms with Crippen LogP contribution in [0.3, 0.4) is 0 Å². The summed E-state index contributed by atoms with van der Waals surface area (Å²) in [5, 5.41) is 14.6. The van der Waals surface area contributed by atoms with Crippen LogP contribution < -0.4 is 26.0 Å². The molecule has 2 aromatic carbocycles. The van der Waals surface area contributed by atoms with Gasteiger partial charge in [0, 0.05) is 89.5 Å². The zero-order valence-corrected chi connectivity index (χ0v) is 28.5. The van der Waals surface area contributed by atoms with Gasteiger partial charge in [-0.3, -0.25) is 9.59 Å². The highest BCUT2D eigenvalue weighted by molar-refractivity contribution is 6.39. The maximum absolute atomic E-state index is 11.5. The number of pyridine rings is 2. The van der Waals surface area contributed by atoms with E-state index in [1.165, 1.54) is 0 Å². The Labute approximate surface area is 293 Å². The van der Waals surface area contributed by atoms with Crippen LogP contribution in [0.25, 0.3) is 44.6 Å². The molecule has 2 aliphatic rings. The monoisotopic (exact) mass is 698 g/mol. The van der Waals surface area contributed by atoms with E-state index in [1.54, 1.807) is 13.3 Å². The van der Waals surface area contributed by atoms with Gasteiger partial charge in [0.1, 0.15) is 5.76 Å². The number of halogens is 2. The van der Waals surface area contributed by atoms with Gasteiger partial charge in [-0.25, -0.2) is 9.97 Å². The third-order valence-electron chi connectivity index (χ3n) is 9.00. The predicted molar refractivity (Wildman–Crippen MR) is 190 cm³/mol. The number of furan rings is 1. The van der Waals surface area contributed by atoms with Crippen LogP contribution in [0.15, 0.2) is 71.3 Å². The molecule has 0 saturated carbocycles. The van der Waals surface area contributed by atoms with Crippen LogP contribution in [0.5, 0.6) is 5.88 Å². The maximum Gasteiger partial charge on any atom is 0.226 e. The second kappa shape index (κ2) is 14.6. The van der Waals surface area contributed by atoms with Gasteiger partial charge in [0.25, 0.3) is 0 Å². The van der Waals surface area contributed by atoms with Gasteiger partial charge in [-0.05, 0) is 31.0 Å². The van der Waals surface area contributed by atoms with Gasteiger partial charge in [0.2, 0.25) is 23.4 Å². The number of methoxy groups -OCH3 is 1. The van der Waals surface area contributed by atoms with Crippen LogP contribution in [0.4, 0.5) is 0 Å². The molecule has 10 nitrogen and oxygen atoms in total. The smallest absolute Gasteiger partial charge is 0.226 e. The summed E-state index contributed by atoms with van der Waals surface area (Å²) in [6.45, 7) is 2.45. The average molecular weight is 700 g/mol. The van der Waals surface area contributed by atoms with Crippen LogP contribution in [-0.4, -0.2) is 54.1 Å². The number of benzene rings is 2. The van der Waals surface area contributed by atoms with E-state index in [0.717, 1.165) is 57.4 Å². The van der Waals surface area contributed by atoms with Gasteiger partial charge >= 0.3 is 0 Å². The van der Waals surface area contributed by atoms with Crippen LogP contribution in [0.1, 0.15) is 37.0 Å². The molecule has 0 aliphatic carbocycles. The molecular formula is C37H36Cl2N6O4. The Morgan fingerprint density at radius 2 is 1.47 bits per heavy atom. The molecule has 12 heteroatoms. The van der Waals surface area contributed by atoms with Crippen molar-refractivity contribution in [3.8, 4) is 39.4 Å². The fourth-order valence-corrected chi connectivity index (χ4v) is 7.12. The van der Waals surface area contributed by atoms with Crippen LogP contribution in [-0.2, 0) is 22.7 Å². The van der Waals surface area contributed by atoms with Crippen molar-refractivity contribution >= 4 is 46.1 Å². The van der Waals surface area contributed by atoms with Gasteiger partial charge < -0.3 is 30.4 Å². The zero-order chi connectivity index (χ0) is 33.9. The van der Waals surface area contributed by atoms with Gasteiger partial charge in [-0.1, -0.05) is 65.7 Å². The maximum atomic E-state index is 11.5. The Hall–Kier alpha value is -4.48. The first-order valence-electron chi connectivity index (χ1n) is 16.4. The SMILES string of the molecule is COc1nc(-c2cccc(-c3cccc(-c4cnc5oc(CNCC6CCC(=O)N6)cc5c4)c3Cl)c2Cl)ccc1CNCC1CCC(=O)N1. The van der Waals surface area contributed by atoms with E-state index < -0.39 is 0 Å². The third kappa shape index (κ3) is 7.28. The van der Waals surface area contributed by atoms with Crippen molar-refractivity contribution in [2.24, 2.45) is 0 Å². The third-order valence-corrected chi connectivity index (χ3v) is 9.81. The first kappa shape index (κ1) is 33.0. The lowest BCUT2D eigenvalue weighted by molar-refractivity contribution is -0.120. The zero-order valence-electron chi connectivity index (χ0n) is 26.9. The quantitative estimate of drug-likeness (QED) is 0.120. The van der Waals surface area contributed by atoms with Gasteiger partial charge in [0.15, 0.2) is 0 Å². The number of hydrogen-bond donors (Lipinski definition) is 4. The minimum atomic E-state index is 0.0995. The molecule has 7 rings (SSSR count). The van der Waals surface area contributed by atoms with E-state index in [1.807, 2.05) is 60.7 Å². The molecule has 252 valence electrons. The summed E-state index contributed by atoms with van der Waals surface area (Å²) in [5.74, 6) is 1.47. The van der Waals surface area contributed by atoms with Crippen molar-refractivity contribution in [1.29, 1.82) is 0 Å². The van der Waals surface area contributed by atoms with Crippen molar-refractivity contribution < 1.29 is 18.7 Å². The van der Waals surface area contributed by atoms with Crippen molar-refractivity contribution in [3.63, 3.8) is 0 Å². The number of rotatable bonds is 12. The summed E-state index contributed by atoms with van der Waals surface area (Å²) >= 11 is 14.2. The molecule has 2 aliphatic heterocycles. The number of carbonyl (C=O) groups excluding carboxylic acids is 2. The molecule has 0 bridgehead atoms. The average Bonchev–Trinajstić information content (AvgIpc) is 3.84. The van der Waals surface area contributed by atoms with Crippen LogP contribution in [0, 0.1) is 0 Å². The number of ether oxygens (including phenoxy) is 1. The van der Waals surface area contributed by atoms with E-state index in [2.05, 4.69) is 26.3 Å². The van der Waals surface area contributed by atoms with E-state index in [9.17, 15) is 9.59 Å². The highest BCUT2D eigenvalue weighted by Gasteiger charge is 2.22. The van der Waals surface area contributed by atoms with Gasteiger partial charge in [-0.15, -0.1) is 0 Å². The Kier molecular flexibility index (Phi) is 9.81. The number of carbonyl (C=O) groups is 2. The highest BCUT2D eigenvalue weighted by atomic mass is 35.5. The van der Waals surface area contributed by atoms with Crippen molar-refractivity contribution in [2.45, 2.75) is 50.9 Å². The number of fused-ring (bicyclic) bond motifs is 1. The normalized spacial score (nSPS) is 17.4. The first-order chi connectivity index (χ1) is 23.9. The summed E-state index contributed by atoms with van der Waals surface area (Å²) in [6, 6.07) is 19.9. The van der Waals surface area contributed by atoms with E-state index >= 15 is 0 Å². The molecule has 2 amide bonds. The molecule has 2 atom stereocenters. The lowest BCUT2D eigenvalue weighted by Gasteiger charge is -2.15. The summed E-state index contributed by atoms with van der Waals surface area (Å²) < 4.78 is 11.6. The highest BCUT2D eigenvalue weighted by Crippen LogP contribution is 2.42. The second-order valence-corrected chi connectivity index (χ2v) is 13.2. The molecule has 2 unspecified atom stereocenters. The Bertz CT molecular complexity index is 2030. The minimum Gasteiger partial charge on any atom is -0.481 e. The standard InChI is InChI=1S/C37H36Cl2N6O4/c1-48-37-21(16-40-18-24-9-12-32(46)43-24)8-11-31(45-37)30-7-3-6-29(35(30)39)28-5-2-4-27(34(28)38)23-14-22-15-26(49-36(22)42-17-23)20-41-19-25-10-13-33(47)44-25/h2-8,11,14-15,17,24-25,40-41H,9-10,12-13,16,18-20H2,1H3,(H,43,46)(H,44,47). The molecule has 0 spiro atoms. The number of aromatic nitrogens is 2. The fraction of sp³-hybridized carbons (Fsp3) is 0.297. The number of hydrogen-bond acceptors (Lipinski definition) is 8. The largest absolute Gasteiger partial charge is 0.481 e. The second-order valence-electron chi connectivity index (χ2n) is 12.4. The molecule has 5 aromatic rings. The molecule has 5 heterocycles. The number of nitrogens with one attached hydrogen (secondary N) is 4. The summed E-state index contributed by atoms with van der Waals surface area (Å²) in [4.78, 5) is 32.3.